The fourth-order valence-electron chi connectivity index (χ4n) is 0.451. The summed E-state index contributed by atoms with van der Waals surface area (Å²) in [6.45, 7) is 3.84. The van der Waals surface area contributed by atoms with Crippen LogP contribution in [-0.2, 0) is 0 Å². The molecule has 1 radical (unpaired) electrons. The Labute approximate surface area is 53.7 Å². The summed E-state index contributed by atoms with van der Waals surface area (Å²) in [5, 5.41) is 0. The van der Waals surface area contributed by atoms with Crippen molar-refractivity contribution in [3.63, 3.8) is 0 Å². The van der Waals surface area contributed by atoms with Crippen molar-refractivity contribution in [1.29, 1.82) is 0 Å². The molecule has 47 valence electrons. The molecule has 1 aromatic heterocycles. The molecule has 0 spiro atoms. The Hall–Kier alpha value is -1.12. The SMILES string of the molecule is [CH2]COc1ncccn1. The van der Waals surface area contributed by atoms with E-state index in [1.807, 2.05) is 0 Å². The Kier molecular flexibility index (Phi) is 2.01. The molecule has 0 aliphatic carbocycles. The fourth-order valence-corrected chi connectivity index (χ4v) is 0.451. The van der Waals surface area contributed by atoms with Crippen molar-refractivity contribution < 1.29 is 4.74 Å². The third kappa shape index (κ3) is 1.68. The number of rotatable bonds is 2. The highest BCUT2D eigenvalue weighted by molar-refractivity contribution is 4.92. The molecule has 0 saturated heterocycles. The first-order valence-electron chi connectivity index (χ1n) is 2.62. The largest absolute Gasteiger partial charge is 0.463 e. The van der Waals surface area contributed by atoms with Gasteiger partial charge in [0.25, 0.3) is 0 Å². The quantitative estimate of drug-likeness (QED) is 0.580. The molecule has 0 aromatic carbocycles. The Morgan fingerprint density at radius 1 is 1.44 bits per heavy atom. The van der Waals surface area contributed by atoms with E-state index in [1.54, 1.807) is 18.5 Å². The maximum absolute atomic E-state index is 4.87. The van der Waals surface area contributed by atoms with Crippen LogP contribution >= 0.6 is 0 Å². The lowest BCUT2D eigenvalue weighted by molar-refractivity contribution is 0.331. The summed E-state index contributed by atoms with van der Waals surface area (Å²) in [5.41, 5.74) is 0. The molecule has 0 bridgehead atoms. The second kappa shape index (κ2) is 3.02. The third-order valence-electron chi connectivity index (χ3n) is 0.773. The van der Waals surface area contributed by atoms with Crippen LogP contribution in [0.2, 0.25) is 0 Å². The van der Waals surface area contributed by atoms with Gasteiger partial charge in [0.1, 0.15) is 0 Å². The molecule has 0 N–H and O–H groups in total. The van der Waals surface area contributed by atoms with E-state index in [1.165, 1.54) is 0 Å². The first-order chi connectivity index (χ1) is 4.43. The van der Waals surface area contributed by atoms with Crippen molar-refractivity contribution in [3.05, 3.63) is 25.4 Å². The van der Waals surface area contributed by atoms with Crippen LogP contribution in [0.15, 0.2) is 18.5 Å². The summed E-state index contributed by atoms with van der Waals surface area (Å²) < 4.78 is 4.87. The average molecular weight is 123 g/mol. The molecule has 1 heterocycles. The molecule has 0 aliphatic heterocycles. The molecule has 1 rings (SSSR count). The van der Waals surface area contributed by atoms with Gasteiger partial charge < -0.3 is 4.74 Å². The molecule has 0 atom stereocenters. The van der Waals surface area contributed by atoms with Gasteiger partial charge in [-0.25, -0.2) is 9.97 Å². The maximum atomic E-state index is 4.87. The summed E-state index contributed by atoms with van der Waals surface area (Å²) >= 11 is 0. The van der Waals surface area contributed by atoms with Gasteiger partial charge in [-0.3, -0.25) is 0 Å². The zero-order chi connectivity index (χ0) is 6.53. The number of aromatic nitrogens is 2. The number of nitrogens with zero attached hydrogens (tertiary/aromatic N) is 2. The first-order valence-corrected chi connectivity index (χ1v) is 2.62. The number of hydrogen-bond acceptors (Lipinski definition) is 3. The van der Waals surface area contributed by atoms with E-state index in [-0.39, 0.29) is 0 Å². The minimum Gasteiger partial charge on any atom is -0.463 e. The zero-order valence-electron chi connectivity index (χ0n) is 4.95. The summed E-state index contributed by atoms with van der Waals surface area (Å²) in [5.74, 6) is 0. The summed E-state index contributed by atoms with van der Waals surface area (Å²) in [7, 11) is 0. The second-order valence-electron chi connectivity index (χ2n) is 1.38. The Bertz CT molecular complexity index is 164. The van der Waals surface area contributed by atoms with Gasteiger partial charge in [0.2, 0.25) is 0 Å². The highest BCUT2D eigenvalue weighted by Gasteiger charge is 1.87. The van der Waals surface area contributed by atoms with Crippen LogP contribution < -0.4 is 4.74 Å². The monoisotopic (exact) mass is 123 g/mol. The van der Waals surface area contributed by atoms with E-state index in [0.29, 0.717) is 12.6 Å². The van der Waals surface area contributed by atoms with Crippen molar-refractivity contribution in [2.75, 3.05) is 6.61 Å². The molecule has 3 heteroatoms. The fraction of sp³-hybridized carbons (Fsp3) is 0.167. The van der Waals surface area contributed by atoms with Crippen molar-refractivity contribution in [2.45, 2.75) is 0 Å². The van der Waals surface area contributed by atoms with Crippen LogP contribution in [0, 0.1) is 6.92 Å². The molecule has 9 heavy (non-hydrogen) atoms. The molecule has 0 amide bonds. The van der Waals surface area contributed by atoms with Gasteiger partial charge >= 0.3 is 6.01 Å². The highest BCUT2D eigenvalue weighted by atomic mass is 16.5. The molecule has 3 nitrogen and oxygen atoms in total. The summed E-state index contributed by atoms with van der Waals surface area (Å²) in [6, 6.07) is 2.11. The van der Waals surface area contributed by atoms with Crippen LogP contribution in [-0.4, -0.2) is 16.6 Å². The van der Waals surface area contributed by atoms with E-state index in [2.05, 4.69) is 16.9 Å². The molecular formula is C6H7N2O. The summed E-state index contributed by atoms with van der Waals surface area (Å²) in [4.78, 5) is 7.59. The third-order valence-corrected chi connectivity index (χ3v) is 0.773. The van der Waals surface area contributed by atoms with Crippen LogP contribution in [0.5, 0.6) is 6.01 Å². The van der Waals surface area contributed by atoms with Gasteiger partial charge in [-0.05, 0) is 13.0 Å². The van der Waals surface area contributed by atoms with E-state index >= 15 is 0 Å². The first kappa shape index (κ1) is 6.01. The van der Waals surface area contributed by atoms with Crippen molar-refractivity contribution in [2.24, 2.45) is 0 Å². The average Bonchev–Trinajstić information content (AvgIpc) is 1.91. The van der Waals surface area contributed by atoms with E-state index in [9.17, 15) is 0 Å². The van der Waals surface area contributed by atoms with Crippen molar-refractivity contribution in [3.8, 4) is 6.01 Å². The van der Waals surface area contributed by atoms with E-state index in [4.69, 9.17) is 4.74 Å². The molecular weight excluding hydrogens is 116 g/mol. The highest BCUT2D eigenvalue weighted by Crippen LogP contribution is 1.95. The lowest BCUT2D eigenvalue weighted by Gasteiger charge is -1.95. The Morgan fingerprint density at radius 2 is 2.11 bits per heavy atom. The number of hydrogen-bond donors (Lipinski definition) is 0. The minimum atomic E-state index is 0.365. The second-order valence-corrected chi connectivity index (χ2v) is 1.38. The predicted octanol–water partition coefficient (Wildman–Crippen LogP) is 0.689. The molecule has 0 saturated carbocycles. The Morgan fingerprint density at radius 3 is 2.67 bits per heavy atom. The molecule has 0 aliphatic rings. The Balaban J connectivity index is 2.61. The predicted molar refractivity (Wildman–Crippen MR) is 32.9 cm³/mol. The molecule has 0 unspecified atom stereocenters. The van der Waals surface area contributed by atoms with Crippen LogP contribution in [0.3, 0.4) is 0 Å². The van der Waals surface area contributed by atoms with Crippen molar-refractivity contribution >= 4 is 0 Å². The van der Waals surface area contributed by atoms with Gasteiger partial charge in [0.15, 0.2) is 0 Å². The van der Waals surface area contributed by atoms with Crippen LogP contribution in [0.1, 0.15) is 0 Å². The maximum Gasteiger partial charge on any atom is 0.316 e. The zero-order valence-corrected chi connectivity index (χ0v) is 4.95. The van der Waals surface area contributed by atoms with Crippen LogP contribution in [0.25, 0.3) is 0 Å². The topological polar surface area (TPSA) is 35.0 Å². The van der Waals surface area contributed by atoms with E-state index in [0.717, 1.165) is 0 Å². The lowest BCUT2D eigenvalue weighted by Crippen LogP contribution is -1.95. The van der Waals surface area contributed by atoms with Gasteiger partial charge in [-0.2, -0.15) is 0 Å². The number of ether oxygens (including phenoxy) is 1. The van der Waals surface area contributed by atoms with Gasteiger partial charge in [0, 0.05) is 12.4 Å². The van der Waals surface area contributed by atoms with E-state index < -0.39 is 0 Å². The van der Waals surface area contributed by atoms with Crippen molar-refractivity contribution in [1.82, 2.24) is 9.97 Å². The van der Waals surface area contributed by atoms with Crippen LogP contribution in [0.4, 0.5) is 0 Å². The van der Waals surface area contributed by atoms with Gasteiger partial charge in [-0.1, -0.05) is 0 Å². The standard InChI is InChI=1S/C6H7N2O/c1-2-9-6-7-4-3-5-8-6/h3-5H,1-2H2. The lowest BCUT2D eigenvalue weighted by atomic mass is 10.7. The van der Waals surface area contributed by atoms with Gasteiger partial charge in [-0.15, -0.1) is 0 Å². The molecule has 1 aromatic rings. The molecule has 0 fully saturated rings. The normalized spacial score (nSPS) is 9.00. The van der Waals surface area contributed by atoms with Gasteiger partial charge in [0.05, 0.1) is 6.61 Å². The summed E-state index contributed by atoms with van der Waals surface area (Å²) in [6.07, 6.45) is 3.25. The smallest absolute Gasteiger partial charge is 0.316 e. The minimum absolute atomic E-state index is 0.365.